The highest BCUT2D eigenvalue weighted by Gasteiger charge is 2.24. The standard InChI is InChI=1S/C23H23N5O2/c1-13-17(10-22(30)25-13)9-18-12-24-28-21(26-19-6-7-19)11-20(27-23(18)28)16-5-3-4-15(8-16)14(2)29/h3-5,8-9,11-12,14,19,26,29H,1,6-7,10H2,2H3,(H,25,30)/b17-9+. The first kappa shape index (κ1) is 18.6. The van der Waals surface area contributed by atoms with Gasteiger partial charge in [-0.25, -0.2) is 4.98 Å². The number of carbonyl (C=O) groups excluding carboxylic acids is 1. The number of fused-ring (bicyclic) bond motifs is 1. The van der Waals surface area contributed by atoms with Crippen molar-refractivity contribution in [3.63, 3.8) is 0 Å². The lowest BCUT2D eigenvalue weighted by Gasteiger charge is -2.12. The summed E-state index contributed by atoms with van der Waals surface area (Å²) in [4.78, 5) is 16.6. The summed E-state index contributed by atoms with van der Waals surface area (Å²) >= 11 is 0. The number of allylic oxidation sites excluding steroid dienone is 1. The molecule has 1 amide bonds. The molecule has 1 aromatic carbocycles. The molecule has 5 rings (SSSR count). The summed E-state index contributed by atoms with van der Waals surface area (Å²) in [6.45, 7) is 5.67. The van der Waals surface area contributed by atoms with Crippen LogP contribution in [0, 0.1) is 0 Å². The molecule has 152 valence electrons. The largest absolute Gasteiger partial charge is 0.389 e. The van der Waals surface area contributed by atoms with Gasteiger partial charge >= 0.3 is 0 Å². The van der Waals surface area contributed by atoms with Gasteiger partial charge in [0.05, 0.1) is 24.4 Å². The number of nitrogens with zero attached hydrogens (tertiary/aromatic N) is 3. The molecule has 2 aromatic heterocycles. The molecule has 3 aromatic rings. The van der Waals surface area contributed by atoms with E-state index in [1.54, 1.807) is 17.6 Å². The number of aromatic nitrogens is 3. The molecule has 2 fully saturated rings. The highest BCUT2D eigenvalue weighted by atomic mass is 16.3. The van der Waals surface area contributed by atoms with Crippen LogP contribution < -0.4 is 10.6 Å². The fourth-order valence-corrected chi connectivity index (χ4v) is 3.63. The Labute approximate surface area is 174 Å². The molecule has 0 spiro atoms. The number of hydrogen-bond donors (Lipinski definition) is 3. The van der Waals surface area contributed by atoms with Crippen LogP contribution in [0.5, 0.6) is 0 Å². The van der Waals surface area contributed by atoms with Crippen molar-refractivity contribution in [2.45, 2.75) is 38.3 Å². The van der Waals surface area contributed by atoms with Crippen molar-refractivity contribution in [3.8, 4) is 11.3 Å². The molecule has 1 aliphatic heterocycles. The number of carbonyl (C=O) groups is 1. The first-order chi connectivity index (χ1) is 14.5. The number of aliphatic hydroxyl groups excluding tert-OH is 1. The summed E-state index contributed by atoms with van der Waals surface area (Å²) in [7, 11) is 0. The molecule has 1 saturated heterocycles. The minimum Gasteiger partial charge on any atom is -0.389 e. The Hall–Kier alpha value is -3.45. The van der Waals surface area contributed by atoms with Crippen molar-refractivity contribution in [2.75, 3.05) is 5.32 Å². The molecule has 2 aliphatic rings. The SMILES string of the molecule is C=C1NC(=O)C/C1=C\c1cnn2c(NC3CC3)cc(-c3cccc(C(C)O)c3)nc12. The molecular formula is C23H23N5O2. The lowest BCUT2D eigenvalue weighted by molar-refractivity contribution is -0.118. The summed E-state index contributed by atoms with van der Waals surface area (Å²) in [5.74, 6) is 0.825. The number of aliphatic hydroxyl groups is 1. The number of rotatable bonds is 5. The monoisotopic (exact) mass is 401 g/mol. The molecule has 1 atom stereocenters. The van der Waals surface area contributed by atoms with Crippen LogP contribution >= 0.6 is 0 Å². The Balaban J connectivity index is 1.65. The summed E-state index contributed by atoms with van der Waals surface area (Å²) in [6.07, 6.45) is 5.72. The Morgan fingerprint density at radius 3 is 2.90 bits per heavy atom. The Morgan fingerprint density at radius 1 is 1.37 bits per heavy atom. The second-order valence-electron chi connectivity index (χ2n) is 7.96. The van der Waals surface area contributed by atoms with Gasteiger partial charge in [0, 0.05) is 28.9 Å². The summed E-state index contributed by atoms with van der Waals surface area (Å²) in [5, 5.41) is 20.8. The van der Waals surface area contributed by atoms with E-state index in [9.17, 15) is 9.90 Å². The maximum atomic E-state index is 11.7. The average molecular weight is 401 g/mol. The average Bonchev–Trinajstić information content (AvgIpc) is 3.36. The molecule has 1 unspecified atom stereocenters. The minimum absolute atomic E-state index is 0.0533. The molecule has 0 radical (unpaired) electrons. The van der Waals surface area contributed by atoms with Crippen LogP contribution in [-0.2, 0) is 4.79 Å². The Bertz CT molecular complexity index is 1200. The number of amides is 1. The van der Waals surface area contributed by atoms with Crippen LogP contribution in [0.2, 0.25) is 0 Å². The van der Waals surface area contributed by atoms with E-state index in [0.29, 0.717) is 23.8 Å². The summed E-state index contributed by atoms with van der Waals surface area (Å²) in [5.41, 5.74) is 5.57. The summed E-state index contributed by atoms with van der Waals surface area (Å²) < 4.78 is 1.81. The molecule has 0 bridgehead atoms. The fraction of sp³-hybridized carbons (Fsp3) is 0.261. The third-order valence-corrected chi connectivity index (χ3v) is 5.45. The van der Waals surface area contributed by atoms with Crippen LogP contribution in [0.4, 0.5) is 5.82 Å². The lowest BCUT2D eigenvalue weighted by atomic mass is 10.0. The fourth-order valence-electron chi connectivity index (χ4n) is 3.63. The predicted octanol–water partition coefficient (Wildman–Crippen LogP) is 3.44. The molecule has 7 nitrogen and oxygen atoms in total. The number of benzene rings is 1. The van der Waals surface area contributed by atoms with E-state index in [1.165, 1.54) is 0 Å². The van der Waals surface area contributed by atoms with Gasteiger partial charge < -0.3 is 15.7 Å². The van der Waals surface area contributed by atoms with Gasteiger partial charge in [0.25, 0.3) is 0 Å². The normalized spacial score (nSPS) is 18.8. The van der Waals surface area contributed by atoms with E-state index >= 15 is 0 Å². The first-order valence-corrected chi connectivity index (χ1v) is 10.1. The van der Waals surface area contributed by atoms with Gasteiger partial charge in [-0.15, -0.1) is 0 Å². The van der Waals surface area contributed by atoms with Gasteiger partial charge in [-0.2, -0.15) is 9.61 Å². The molecule has 7 heteroatoms. The molecule has 1 saturated carbocycles. The smallest absolute Gasteiger partial charge is 0.228 e. The minimum atomic E-state index is -0.550. The van der Waals surface area contributed by atoms with Gasteiger partial charge in [0.2, 0.25) is 5.91 Å². The van der Waals surface area contributed by atoms with Crippen molar-refractivity contribution in [1.82, 2.24) is 19.9 Å². The molecule has 3 heterocycles. The van der Waals surface area contributed by atoms with Gasteiger partial charge in [-0.3, -0.25) is 4.79 Å². The second kappa shape index (κ2) is 7.11. The summed E-state index contributed by atoms with van der Waals surface area (Å²) in [6, 6.07) is 10.2. The molecular weight excluding hydrogens is 378 g/mol. The van der Waals surface area contributed by atoms with Gasteiger partial charge in [-0.05, 0) is 43.0 Å². The van der Waals surface area contributed by atoms with Crippen molar-refractivity contribution in [2.24, 2.45) is 0 Å². The number of hydrogen-bond acceptors (Lipinski definition) is 5. The topological polar surface area (TPSA) is 91.6 Å². The van der Waals surface area contributed by atoms with Crippen LogP contribution in [0.1, 0.15) is 43.4 Å². The van der Waals surface area contributed by atoms with E-state index in [2.05, 4.69) is 22.3 Å². The quantitative estimate of drug-likeness (QED) is 0.609. The zero-order valence-corrected chi connectivity index (χ0v) is 16.7. The van der Waals surface area contributed by atoms with Crippen LogP contribution in [-0.4, -0.2) is 31.7 Å². The highest BCUT2D eigenvalue weighted by molar-refractivity contribution is 5.90. The number of nitrogens with one attached hydrogen (secondary N) is 2. The third kappa shape index (κ3) is 3.48. The first-order valence-electron chi connectivity index (χ1n) is 10.1. The Morgan fingerprint density at radius 2 is 2.20 bits per heavy atom. The van der Waals surface area contributed by atoms with Crippen molar-refractivity contribution in [3.05, 3.63) is 65.5 Å². The number of anilines is 1. The zero-order valence-electron chi connectivity index (χ0n) is 16.7. The second-order valence-corrected chi connectivity index (χ2v) is 7.96. The van der Waals surface area contributed by atoms with E-state index in [-0.39, 0.29) is 5.91 Å². The maximum absolute atomic E-state index is 11.7. The van der Waals surface area contributed by atoms with E-state index in [0.717, 1.165) is 46.6 Å². The van der Waals surface area contributed by atoms with Crippen molar-refractivity contribution in [1.29, 1.82) is 0 Å². The van der Waals surface area contributed by atoms with Crippen LogP contribution in [0.3, 0.4) is 0 Å². The van der Waals surface area contributed by atoms with Crippen molar-refractivity contribution < 1.29 is 9.90 Å². The third-order valence-electron chi connectivity index (χ3n) is 5.45. The lowest BCUT2D eigenvalue weighted by Crippen LogP contribution is -2.10. The van der Waals surface area contributed by atoms with Crippen LogP contribution in [0.25, 0.3) is 23.0 Å². The van der Waals surface area contributed by atoms with E-state index in [1.807, 2.05) is 36.4 Å². The van der Waals surface area contributed by atoms with Gasteiger partial charge in [0.15, 0.2) is 5.65 Å². The van der Waals surface area contributed by atoms with Crippen LogP contribution in [0.15, 0.2) is 54.4 Å². The van der Waals surface area contributed by atoms with Gasteiger partial charge in [0.1, 0.15) is 5.82 Å². The van der Waals surface area contributed by atoms with E-state index < -0.39 is 6.10 Å². The Kier molecular flexibility index (Phi) is 4.40. The van der Waals surface area contributed by atoms with Crippen molar-refractivity contribution >= 4 is 23.4 Å². The predicted molar refractivity (Wildman–Crippen MR) is 116 cm³/mol. The van der Waals surface area contributed by atoms with Gasteiger partial charge in [-0.1, -0.05) is 24.8 Å². The maximum Gasteiger partial charge on any atom is 0.228 e. The highest BCUT2D eigenvalue weighted by Crippen LogP contribution is 2.31. The molecule has 1 aliphatic carbocycles. The van der Waals surface area contributed by atoms with E-state index in [4.69, 9.17) is 4.98 Å². The zero-order chi connectivity index (χ0) is 20.8. The molecule has 3 N–H and O–H groups in total. The molecule has 30 heavy (non-hydrogen) atoms.